The van der Waals surface area contributed by atoms with E-state index in [1.807, 2.05) is 0 Å². The van der Waals surface area contributed by atoms with Crippen LogP contribution in [0.25, 0.3) is 0 Å². The molecule has 21 heavy (non-hydrogen) atoms. The number of amides is 2. The first-order valence-electron chi connectivity index (χ1n) is 7.53. The van der Waals surface area contributed by atoms with Gasteiger partial charge in [0.05, 0.1) is 0 Å². The second-order valence-electron chi connectivity index (χ2n) is 6.82. The Labute approximate surface area is 128 Å². The van der Waals surface area contributed by atoms with Crippen LogP contribution in [0.2, 0.25) is 0 Å². The second-order valence-corrected chi connectivity index (χ2v) is 6.82. The van der Waals surface area contributed by atoms with Crippen LogP contribution in [0.3, 0.4) is 0 Å². The van der Waals surface area contributed by atoms with Gasteiger partial charge in [-0.1, -0.05) is 20.8 Å². The molecule has 0 heterocycles. The topological polar surface area (TPSA) is 81.7 Å². The molecule has 1 unspecified atom stereocenters. The average molecular weight is 301 g/mol. The molecule has 0 fully saturated rings. The molecule has 2 amide bonds. The third kappa shape index (κ3) is 8.55. The van der Waals surface area contributed by atoms with E-state index in [1.54, 1.807) is 20.8 Å². The fraction of sp³-hybridized carbons (Fsp3) is 0.867. The lowest BCUT2D eigenvalue weighted by Crippen LogP contribution is -2.52. The summed E-state index contributed by atoms with van der Waals surface area (Å²) in [6, 6.07) is -0.802. The Balaban J connectivity index is 3.97. The molecule has 1 atom stereocenters. The first-order chi connectivity index (χ1) is 9.55. The number of carbonyl (C=O) groups excluding carboxylic acids is 1. The lowest BCUT2D eigenvalue weighted by atomic mass is 9.87. The Bertz CT molecular complexity index is 338. The number of unbranched alkanes of at least 4 members (excludes halogenated alkanes) is 1. The fourth-order valence-corrected chi connectivity index (χ4v) is 1.78. The van der Waals surface area contributed by atoms with Crippen molar-refractivity contribution in [3.05, 3.63) is 0 Å². The molecule has 0 aliphatic heterocycles. The Morgan fingerprint density at radius 3 is 2.19 bits per heavy atom. The van der Waals surface area contributed by atoms with Gasteiger partial charge in [0.25, 0.3) is 0 Å². The van der Waals surface area contributed by atoms with Crippen LogP contribution in [0.1, 0.15) is 47.5 Å². The molecule has 0 aliphatic rings. The molecule has 0 rings (SSSR count). The minimum Gasteiger partial charge on any atom is -0.480 e. The molecule has 0 radical (unpaired) electrons. The van der Waals surface area contributed by atoms with Gasteiger partial charge in [0, 0.05) is 12.6 Å². The zero-order valence-corrected chi connectivity index (χ0v) is 14.2. The lowest BCUT2D eigenvalue weighted by molar-refractivity contribution is -0.141. The SMILES string of the molecule is CC(C)N(C)CCCCNC(=O)NC(C(=O)O)C(C)(C)C. The van der Waals surface area contributed by atoms with Gasteiger partial charge in [0.15, 0.2) is 0 Å². The molecule has 6 nitrogen and oxygen atoms in total. The van der Waals surface area contributed by atoms with Crippen molar-refractivity contribution in [2.45, 2.75) is 59.5 Å². The molecule has 0 saturated carbocycles. The monoisotopic (exact) mass is 301 g/mol. The molecule has 6 heteroatoms. The van der Waals surface area contributed by atoms with Crippen LogP contribution in [0, 0.1) is 5.41 Å². The maximum atomic E-state index is 11.7. The molecule has 0 saturated heterocycles. The molecule has 0 aromatic rings. The van der Waals surface area contributed by atoms with Crippen molar-refractivity contribution < 1.29 is 14.7 Å². The van der Waals surface area contributed by atoms with Crippen molar-refractivity contribution in [1.82, 2.24) is 15.5 Å². The molecule has 0 aromatic carbocycles. The normalized spacial score (nSPS) is 13.3. The van der Waals surface area contributed by atoms with Gasteiger partial charge in [0.1, 0.15) is 6.04 Å². The maximum Gasteiger partial charge on any atom is 0.326 e. The highest BCUT2D eigenvalue weighted by Gasteiger charge is 2.32. The van der Waals surface area contributed by atoms with E-state index in [1.165, 1.54) is 0 Å². The number of aliphatic carboxylic acids is 1. The highest BCUT2D eigenvalue weighted by Crippen LogP contribution is 2.19. The minimum atomic E-state index is -1.02. The largest absolute Gasteiger partial charge is 0.480 e. The van der Waals surface area contributed by atoms with Crippen molar-refractivity contribution in [2.24, 2.45) is 5.41 Å². The number of urea groups is 1. The number of carboxylic acid groups (broad SMARTS) is 1. The number of hydrogen-bond acceptors (Lipinski definition) is 3. The Morgan fingerprint density at radius 1 is 1.19 bits per heavy atom. The second kappa shape index (κ2) is 8.87. The molecule has 0 spiro atoms. The van der Waals surface area contributed by atoms with Crippen LogP contribution in [-0.4, -0.2) is 54.2 Å². The van der Waals surface area contributed by atoms with E-state index >= 15 is 0 Å². The summed E-state index contributed by atoms with van der Waals surface area (Å²) in [5, 5.41) is 14.4. The Morgan fingerprint density at radius 2 is 1.76 bits per heavy atom. The number of carboxylic acids is 1. The van der Waals surface area contributed by atoms with E-state index in [2.05, 4.69) is 36.4 Å². The maximum absolute atomic E-state index is 11.7. The van der Waals surface area contributed by atoms with Crippen LogP contribution >= 0.6 is 0 Å². The summed E-state index contributed by atoms with van der Waals surface area (Å²) in [5.74, 6) is -1.02. The van der Waals surface area contributed by atoms with E-state index in [0.29, 0.717) is 12.6 Å². The average Bonchev–Trinajstić information content (AvgIpc) is 2.33. The van der Waals surface area contributed by atoms with E-state index in [-0.39, 0.29) is 0 Å². The van der Waals surface area contributed by atoms with Crippen LogP contribution < -0.4 is 10.6 Å². The third-order valence-electron chi connectivity index (χ3n) is 3.49. The first-order valence-corrected chi connectivity index (χ1v) is 7.53. The lowest BCUT2D eigenvalue weighted by Gasteiger charge is -2.27. The summed E-state index contributed by atoms with van der Waals surface area (Å²) >= 11 is 0. The van der Waals surface area contributed by atoms with Crippen molar-refractivity contribution in [3.8, 4) is 0 Å². The zero-order chi connectivity index (χ0) is 16.6. The Kier molecular flexibility index (Phi) is 8.32. The van der Waals surface area contributed by atoms with E-state index in [0.717, 1.165) is 19.4 Å². The van der Waals surface area contributed by atoms with Crippen LogP contribution in [-0.2, 0) is 4.79 Å². The molecule has 0 bridgehead atoms. The molecule has 0 aromatic heterocycles. The number of rotatable bonds is 8. The van der Waals surface area contributed by atoms with Crippen molar-refractivity contribution in [1.29, 1.82) is 0 Å². The van der Waals surface area contributed by atoms with Crippen molar-refractivity contribution in [3.63, 3.8) is 0 Å². The van der Waals surface area contributed by atoms with Crippen molar-refractivity contribution >= 4 is 12.0 Å². The number of hydrogen-bond donors (Lipinski definition) is 3. The molecular weight excluding hydrogens is 270 g/mol. The highest BCUT2D eigenvalue weighted by atomic mass is 16.4. The van der Waals surface area contributed by atoms with Gasteiger partial charge in [-0.25, -0.2) is 9.59 Å². The van der Waals surface area contributed by atoms with Crippen LogP contribution in [0.4, 0.5) is 4.79 Å². The van der Waals surface area contributed by atoms with Gasteiger partial charge < -0.3 is 20.6 Å². The van der Waals surface area contributed by atoms with Gasteiger partial charge in [0.2, 0.25) is 0 Å². The number of nitrogens with zero attached hydrogens (tertiary/aromatic N) is 1. The summed E-state index contributed by atoms with van der Waals surface area (Å²) in [5.41, 5.74) is -0.525. The predicted molar refractivity (Wildman–Crippen MR) is 84.4 cm³/mol. The van der Waals surface area contributed by atoms with Crippen LogP contribution in [0.5, 0.6) is 0 Å². The highest BCUT2D eigenvalue weighted by molar-refractivity contribution is 5.83. The third-order valence-corrected chi connectivity index (χ3v) is 3.49. The van der Waals surface area contributed by atoms with E-state index in [4.69, 9.17) is 5.11 Å². The van der Waals surface area contributed by atoms with Crippen molar-refractivity contribution in [2.75, 3.05) is 20.1 Å². The fourth-order valence-electron chi connectivity index (χ4n) is 1.78. The van der Waals surface area contributed by atoms with Crippen LogP contribution in [0.15, 0.2) is 0 Å². The predicted octanol–water partition coefficient (Wildman–Crippen LogP) is 1.91. The first kappa shape index (κ1) is 19.7. The molecular formula is C15H31N3O3. The van der Waals surface area contributed by atoms with E-state index < -0.39 is 23.5 Å². The summed E-state index contributed by atoms with van der Waals surface area (Å²) in [7, 11) is 2.07. The smallest absolute Gasteiger partial charge is 0.326 e. The van der Waals surface area contributed by atoms with Gasteiger partial charge >= 0.3 is 12.0 Å². The van der Waals surface area contributed by atoms with Gasteiger partial charge in [-0.2, -0.15) is 0 Å². The molecule has 3 N–H and O–H groups in total. The zero-order valence-electron chi connectivity index (χ0n) is 14.2. The standard InChI is InChI=1S/C15H31N3O3/c1-11(2)18(6)10-8-7-9-16-14(21)17-12(13(19)20)15(3,4)5/h11-12H,7-10H2,1-6H3,(H,19,20)(H2,16,17,21). The summed E-state index contributed by atoms with van der Waals surface area (Å²) in [6.07, 6.45) is 1.87. The minimum absolute atomic E-state index is 0.422. The molecule has 124 valence electrons. The Hall–Kier alpha value is -1.30. The quantitative estimate of drug-likeness (QED) is 0.598. The summed E-state index contributed by atoms with van der Waals surface area (Å²) in [6.45, 7) is 11.2. The summed E-state index contributed by atoms with van der Waals surface area (Å²) < 4.78 is 0. The van der Waals surface area contributed by atoms with Gasteiger partial charge in [-0.3, -0.25) is 0 Å². The van der Waals surface area contributed by atoms with Gasteiger partial charge in [-0.05, 0) is 45.7 Å². The van der Waals surface area contributed by atoms with E-state index in [9.17, 15) is 9.59 Å². The molecule has 0 aliphatic carbocycles. The number of carbonyl (C=O) groups is 2. The number of nitrogens with one attached hydrogen (secondary N) is 2. The van der Waals surface area contributed by atoms with Gasteiger partial charge in [-0.15, -0.1) is 0 Å². The summed E-state index contributed by atoms with van der Waals surface area (Å²) in [4.78, 5) is 25.1.